The van der Waals surface area contributed by atoms with Gasteiger partial charge in [-0.3, -0.25) is 9.69 Å². The van der Waals surface area contributed by atoms with Crippen molar-refractivity contribution < 1.29 is 4.79 Å². The lowest BCUT2D eigenvalue weighted by Crippen LogP contribution is -2.47. The van der Waals surface area contributed by atoms with Gasteiger partial charge in [-0.15, -0.1) is 12.4 Å². The van der Waals surface area contributed by atoms with Crippen molar-refractivity contribution in [3.63, 3.8) is 0 Å². The first-order valence-electron chi connectivity index (χ1n) is 7.80. The van der Waals surface area contributed by atoms with Crippen LogP contribution in [0.2, 0.25) is 0 Å². The van der Waals surface area contributed by atoms with Gasteiger partial charge >= 0.3 is 0 Å². The highest BCUT2D eigenvalue weighted by atomic mass is 35.5. The largest absolute Gasteiger partial charge is 0.324 e. The van der Waals surface area contributed by atoms with Gasteiger partial charge in [0.1, 0.15) is 0 Å². The van der Waals surface area contributed by atoms with Gasteiger partial charge in [0.25, 0.3) is 0 Å². The summed E-state index contributed by atoms with van der Waals surface area (Å²) in [4.78, 5) is 15.0. The van der Waals surface area contributed by atoms with Crippen molar-refractivity contribution in [1.82, 2.24) is 4.90 Å². The molecule has 1 aromatic rings. The fourth-order valence-electron chi connectivity index (χ4n) is 2.99. The second-order valence-electron chi connectivity index (χ2n) is 6.01. The van der Waals surface area contributed by atoms with Crippen molar-refractivity contribution >= 4 is 24.0 Å². The number of anilines is 1. The molecule has 1 fully saturated rings. The Morgan fingerprint density at radius 3 is 2.59 bits per heavy atom. The fraction of sp³-hybridized carbons (Fsp3) is 0.500. The molecule has 4 heteroatoms. The van der Waals surface area contributed by atoms with Crippen LogP contribution >= 0.6 is 12.4 Å². The van der Waals surface area contributed by atoms with E-state index < -0.39 is 0 Å². The molecule has 22 heavy (non-hydrogen) atoms. The highest BCUT2D eigenvalue weighted by molar-refractivity contribution is 5.96. The van der Waals surface area contributed by atoms with Crippen LogP contribution in [0.25, 0.3) is 0 Å². The molecule has 0 radical (unpaired) electrons. The lowest BCUT2D eigenvalue weighted by molar-refractivity contribution is -0.121. The first kappa shape index (κ1) is 18.7. The van der Waals surface area contributed by atoms with Crippen LogP contribution in [0.5, 0.6) is 0 Å². The van der Waals surface area contributed by atoms with Crippen molar-refractivity contribution in [3.05, 3.63) is 41.5 Å². The zero-order valence-electron chi connectivity index (χ0n) is 13.8. The number of hydrogen-bond acceptors (Lipinski definition) is 2. The Labute approximate surface area is 140 Å². The van der Waals surface area contributed by atoms with Crippen molar-refractivity contribution in [2.75, 3.05) is 18.4 Å². The Kier molecular flexibility index (Phi) is 7.11. The number of para-hydroxylation sites is 1. The Balaban J connectivity index is 0.00000242. The summed E-state index contributed by atoms with van der Waals surface area (Å²) < 4.78 is 0. The topological polar surface area (TPSA) is 32.3 Å². The van der Waals surface area contributed by atoms with Gasteiger partial charge in [-0.05, 0) is 50.8 Å². The molecular formula is C18H27ClN2O. The van der Waals surface area contributed by atoms with E-state index in [9.17, 15) is 4.79 Å². The number of nitrogens with one attached hydrogen (secondary N) is 1. The number of amides is 1. The Bertz CT molecular complexity index is 522. The third-order valence-corrected chi connectivity index (χ3v) is 4.22. The maximum absolute atomic E-state index is 12.7. The van der Waals surface area contributed by atoms with Gasteiger partial charge in [0, 0.05) is 12.2 Å². The molecule has 3 nitrogen and oxygen atoms in total. The first-order chi connectivity index (χ1) is 10.0. The number of piperidine rings is 1. The van der Waals surface area contributed by atoms with Crippen LogP contribution in [0.4, 0.5) is 5.69 Å². The van der Waals surface area contributed by atoms with Crippen molar-refractivity contribution in [2.24, 2.45) is 0 Å². The molecule has 0 spiro atoms. The number of likely N-dealkylation sites (tertiary alicyclic amines) is 1. The quantitative estimate of drug-likeness (QED) is 0.847. The van der Waals surface area contributed by atoms with Crippen LogP contribution in [0, 0.1) is 13.8 Å². The van der Waals surface area contributed by atoms with E-state index in [-0.39, 0.29) is 24.4 Å². The third-order valence-electron chi connectivity index (χ3n) is 4.22. The molecule has 0 aromatic heterocycles. The Morgan fingerprint density at radius 1 is 1.36 bits per heavy atom. The first-order valence-corrected chi connectivity index (χ1v) is 7.80. The number of carbonyl (C=O) groups is 1. The van der Waals surface area contributed by atoms with Gasteiger partial charge < -0.3 is 5.32 Å². The number of carbonyl (C=O) groups excluding carboxylic acids is 1. The molecule has 0 saturated carbocycles. The molecule has 1 aromatic carbocycles. The van der Waals surface area contributed by atoms with E-state index >= 15 is 0 Å². The number of aryl methyl sites for hydroxylation is 2. The fourth-order valence-corrected chi connectivity index (χ4v) is 2.99. The minimum Gasteiger partial charge on any atom is -0.324 e. The Hall–Kier alpha value is -1.32. The average molecular weight is 323 g/mol. The van der Waals surface area contributed by atoms with E-state index in [1.54, 1.807) is 0 Å². The highest BCUT2D eigenvalue weighted by Gasteiger charge is 2.29. The summed E-state index contributed by atoms with van der Waals surface area (Å²) in [5, 5.41) is 3.14. The minimum absolute atomic E-state index is 0. The van der Waals surface area contributed by atoms with E-state index in [0.29, 0.717) is 0 Å². The van der Waals surface area contributed by atoms with Gasteiger partial charge in [0.2, 0.25) is 5.91 Å². The SMILES string of the molecule is C=C1CCN(CCC)[C@H](C(=O)Nc2c(C)cccc2C)C1.Cl. The van der Waals surface area contributed by atoms with Crippen molar-refractivity contribution in [1.29, 1.82) is 0 Å². The molecule has 1 aliphatic rings. The van der Waals surface area contributed by atoms with E-state index in [1.807, 2.05) is 32.0 Å². The second-order valence-corrected chi connectivity index (χ2v) is 6.01. The summed E-state index contributed by atoms with van der Waals surface area (Å²) in [6, 6.07) is 6.01. The molecule has 0 bridgehead atoms. The molecule has 1 saturated heterocycles. The molecule has 1 heterocycles. The maximum Gasteiger partial charge on any atom is 0.242 e. The van der Waals surface area contributed by atoms with Crippen LogP contribution in [0.1, 0.15) is 37.3 Å². The summed E-state index contributed by atoms with van der Waals surface area (Å²) in [6.07, 6.45) is 2.85. The predicted octanol–water partition coefficient (Wildman–Crippen LogP) is 4.09. The predicted molar refractivity (Wildman–Crippen MR) is 95.8 cm³/mol. The zero-order valence-corrected chi connectivity index (χ0v) is 14.6. The zero-order chi connectivity index (χ0) is 15.4. The molecular weight excluding hydrogens is 296 g/mol. The van der Waals surface area contributed by atoms with E-state index in [4.69, 9.17) is 0 Å². The average Bonchev–Trinajstić information content (AvgIpc) is 2.45. The summed E-state index contributed by atoms with van der Waals surface area (Å²) in [7, 11) is 0. The molecule has 0 aliphatic carbocycles. The van der Waals surface area contributed by atoms with Gasteiger partial charge in [0.15, 0.2) is 0 Å². The number of benzene rings is 1. The van der Waals surface area contributed by atoms with Crippen molar-refractivity contribution in [2.45, 2.75) is 46.1 Å². The van der Waals surface area contributed by atoms with Gasteiger partial charge in [-0.2, -0.15) is 0 Å². The van der Waals surface area contributed by atoms with Crippen LogP contribution in [0.15, 0.2) is 30.4 Å². The smallest absolute Gasteiger partial charge is 0.242 e. The third kappa shape index (κ3) is 4.34. The van der Waals surface area contributed by atoms with Gasteiger partial charge in [-0.25, -0.2) is 0 Å². The molecule has 2 rings (SSSR count). The summed E-state index contributed by atoms with van der Waals surface area (Å²) >= 11 is 0. The van der Waals surface area contributed by atoms with Crippen LogP contribution in [-0.2, 0) is 4.79 Å². The van der Waals surface area contributed by atoms with Crippen LogP contribution in [-0.4, -0.2) is 29.9 Å². The standard InChI is InChI=1S/C18H26N2O.ClH/c1-5-10-20-11-9-13(2)12-16(20)18(21)19-17-14(3)7-6-8-15(17)4;/h6-8,16H,2,5,9-12H2,1,3-4H3,(H,19,21);1H/t16-;/m0./s1. The molecule has 1 atom stereocenters. The van der Waals surface area contributed by atoms with Gasteiger partial charge in [-0.1, -0.05) is 37.3 Å². The minimum atomic E-state index is -0.0785. The lowest BCUT2D eigenvalue weighted by atomic mass is 9.96. The van der Waals surface area contributed by atoms with Crippen LogP contribution < -0.4 is 5.32 Å². The molecule has 0 unspecified atom stereocenters. The summed E-state index contributed by atoms with van der Waals surface area (Å²) in [5.41, 5.74) is 4.36. The van der Waals surface area contributed by atoms with E-state index in [0.717, 1.165) is 49.2 Å². The molecule has 122 valence electrons. The normalized spacial score (nSPS) is 18.7. The van der Waals surface area contributed by atoms with Crippen molar-refractivity contribution in [3.8, 4) is 0 Å². The number of nitrogens with zero attached hydrogens (tertiary/aromatic N) is 1. The van der Waals surface area contributed by atoms with E-state index in [1.165, 1.54) is 5.57 Å². The van der Waals surface area contributed by atoms with Gasteiger partial charge in [0.05, 0.1) is 6.04 Å². The lowest BCUT2D eigenvalue weighted by Gasteiger charge is -2.35. The maximum atomic E-state index is 12.7. The number of rotatable bonds is 4. The summed E-state index contributed by atoms with van der Waals surface area (Å²) in [6.45, 7) is 12.2. The highest BCUT2D eigenvalue weighted by Crippen LogP contribution is 2.24. The summed E-state index contributed by atoms with van der Waals surface area (Å²) in [5.74, 6) is 0.0988. The van der Waals surface area contributed by atoms with E-state index in [2.05, 4.69) is 23.7 Å². The second kappa shape index (κ2) is 8.35. The van der Waals surface area contributed by atoms with Crippen LogP contribution in [0.3, 0.4) is 0 Å². The monoisotopic (exact) mass is 322 g/mol. The Morgan fingerprint density at radius 2 is 2.00 bits per heavy atom. The number of hydrogen-bond donors (Lipinski definition) is 1. The molecule has 1 aliphatic heterocycles. The molecule has 1 amide bonds. The molecule has 1 N–H and O–H groups in total. The number of halogens is 1.